The van der Waals surface area contributed by atoms with Crippen molar-refractivity contribution in [3.63, 3.8) is 0 Å². The van der Waals surface area contributed by atoms with Crippen molar-refractivity contribution in [2.24, 2.45) is 5.73 Å². The second kappa shape index (κ2) is 4.90. The summed E-state index contributed by atoms with van der Waals surface area (Å²) in [6.07, 6.45) is 1.32. The van der Waals surface area contributed by atoms with Gasteiger partial charge in [-0.25, -0.2) is 0 Å². The lowest BCUT2D eigenvalue weighted by Gasteiger charge is -2.18. The molecular weight excluding hydrogens is 210 g/mol. The topological polar surface area (TPSA) is 94.4 Å². The molecule has 0 saturated carbocycles. The first kappa shape index (κ1) is 11.5. The Kier molecular flexibility index (Phi) is 3.52. The van der Waals surface area contributed by atoms with E-state index in [-0.39, 0.29) is 11.8 Å². The van der Waals surface area contributed by atoms with Crippen LogP contribution < -0.4 is 5.73 Å². The summed E-state index contributed by atoms with van der Waals surface area (Å²) in [5, 5.41) is 13.2. The number of nitrogens with zero attached hydrogens (tertiary/aromatic N) is 2. The van der Waals surface area contributed by atoms with E-state index in [2.05, 4.69) is 10.1 Å². The van der Waals surface area contributed by atoms with Gasteiger partial charge in [0.25, 0.3) is 0 Å². The van der Waals surface area contributed by atoms with Gasteiger partial charge in [-0.05, 0) is 19.8 Å². The van der Waals surface area contributed by atoms with Crippen LogP contribution in [0.25, 0.3) is 0 Å². The van der Waals surface area contributed by atoms with Gasteiger partial charge in [0, 0.05) is 12.5 Å². The van der Waals surface area contributed by atoms with Crippen LogP contribution in [0.4, 0.5) is 0 Å². The molecule has 1 aromatic rings. The molecule has 0 radical (unpaired) electrons. The summed E-state index contributed by atoms with van der Waals surface area (Å²) in [5.41, 5.74) is 5.70. The summed E-state index contributed by atoms with van der Waals surface area (Å²) in [6.45, 7) is 3.02. The van der Waals surface area contributed by atoms with Crippen LogP contribution in [-0.4, -0.2) is 34.6 Å². The molecule has 16 heavy (non-hydrogen) atoms. The molecule has 6 heteroatoms. The molecule has 1 unspecified atom stereocenters. The number of nitrogens with two attached hydrogens (primary N) is 1. The van der Waals surface area contributed by atoms with Crippen LogP contribution in [-0.2, 0) is 4.74 Å². The number of rotatable bonds is 3. The fourth-order valence-corrected chi connectivity index (χ4v) is 1.70. The summed E-state index contributed by atoms with van der Waals surface area (Å²) >= 11 is 0. The van der Waals surface area contributed by atoms with Crippen LogP contribution in [0.5, 0.6) is 0 Å². The van der Waals surface area contributed by atoms with Gasteiger partial charge in [0.15, 0.2) is 5.82 Å². The van der Waals surface area contributed by atoms with Crippen molar-refractivity contribution in [2.45, 2.75) is 37.8 Å². The van der Waals surface area contributed by atoms with Gasteiger partial charge in [0.05, 0.1) is 12.7 Å². The minimum absolute atomic E-state index is 0.187. The third-order valence-corrected chi connectivity index (χ3v) is 2.79. The largest absolute Gasteiger partial charge is 0.391 e. The maximum atomic E-state index is 9.32. The molecule has 6 nitrogen and oxygen atoms in total. The highest BCUT2D eigenvalue weighted by atomic mass is 16.5. The summed E-state index contributed by atoms with van der Waals surface area (Å²) in [6, 6.07) is -0.620. The molecule has 0 amide bonds. The maximum absolute atomic E-state index is 9.32. The molecule has 0 aromatic carbocycles. The number of ether oxygens (including phenoxy) is 1. The van der Waals surface area contributed by atoms with Crippen LogP contribution in [0.3, 0.4) is 0 Å². The van der Waals surface area contributed by atoms with E-state index >= 15 is 0 Å². The van der Waals surface area contributed by atoms with Crippen molar-refractivity contribution >= 4 is 0 Å². The SMILES string of the molecule is C[C@@H](O)[C@H](N)c1nc(C2CCCOC2)no1. The summed E-state index contributed by atoms with van der Waals surface area (Å²) in [5.74, 6) is 1.11. The first-order valence-corrected chi connectivity index (χ1v) is 5.53. The Labute approximate surface area is 93.8 Å². The van der Waals surface area contributed by atoms with E-state index in [1.54, 1.807) is 6.92 Å². The lowest BCUT2D eigenvalue weighted by atomic mass is 10.0. The molecule has 2 rings (SSSR count). The van der Waals surface area contributed by atoms with E-state index in [1.165, 1.54) is 0 Å². The maximum Gasteiger partial charge on any atom is 0.246 e. The van der Waals surface area contributed by atoms with Crippen LogP contribution in [0.15, 0.2) is 4.52 Å². The predicted octanol–water partition coefficient (Wildman–Crippen LogP) is 0.344. The molecule has 2 heterocycles. The number of aromatic nitrogens is 2. The van der Waals surface area contributed by atoms with Crippen LogP contribution >= 0.6 is 0 Å². The normalized spacial score (nSPS) is 25.3. The van der Waals surface area contributed by atoms with Crippen molar-refractivity contribution in [3.05, 3.63) is 11.7 Å². The van der Waals surface area contributed by atoms with Gasteiger partial charge in [0.2, 0.25) is 5.89 Å². The van der Waals surface area contributed by atoms with Gasteiger partial charge in [0.1, 0.15) is 6.04 Å². The molecule has 90 valence electrons. The highest BCUT2D eigenvalue weighted by Crippen LogP contribution is 2.24. The lowest BCUT2D eigenvalue weighted by Crippen LogP contribution is -2.23. The van der Waals surface area contributed by atoms with Gasteiger partial charge >= 0.3 is 0 Å². The predicted molar refractivity (Wildman–Crippen MR) is 55.7 cm³/mol. The number of hydrogen-bond donors (Lipinski definition) is 2. The van der Waals surface area contributed by atoms with Crippen LogP contribution in [0.2, 0.25) is 0 Å². The quantitative estimate of drug-likeness (QED) is 0.773. The number of aliphatic hydroxyl groups excluding tert-OH is 1. The third-order valence-electron chi connectivity index (χ3n) is 2.79. The zero-order valence-corrected chi connectivity index (χ0v) is 9.30. The molecular formula is C10H17N3O3. The monoisotopic (exact) mass is 227 g/mol. The van der Waals surface area contributed by atoms with Crippen LogP contribution in [0, 0.1) is 0 Å². The number of aliphatic hydroxyl groups is 1. The van der Waals surface area contributed by atoms with Gasteiger partial charge in [-0.1, -0.05) is 5.16 Å². The third kappa shape index (κ3) is 2.40. The van der Waals surface area contributed by atoms with Gasteiger partial charge in [-0.3, -0.25) is 0 Å². The van der Waals surface area contributed by atoms with E-state index in [0.29, 0.717) is 12.4 Å². The van der Waals surface area contributed by atoms with Crippen molar-refractivity contribution in [1.29, 1.82) is 0 Å². The van der Waals surface area contributed by atoms with Gasteiger partial charge in [-0.2, -0.15) is 4.98 Å². The van der Waals surface area contributed by atoms with E-state index in [1.807, 2.05) is 0 Å². The molecule has 1 aliphatic heterocycles. The van der Waals surface area contributed by atoms with E-state index < -0.39 is 12.1 Å². The Morgan fingerprint density at radius 1 is 1.56 bits per heavy atom. The highest BCUT2D eigenvalue weighted by Gasteiger charge is 2.24. The summed E-state index contributed by atoms with van der Waals surface area (Å²) in [7, 11) is 0. The van der Waals surface area contributed by atoms with Crippen molar-refractivity contribution < 1.29 is 14.4 Å². The van der Waals surface area contributed by atoms with Gasteiger partial charge < -0.3 is 20.1 Å². The molecule has 0 aliphatic carbocycles. The first-order chi connectivity index (χ1) is 7.68. The average molecular weight is 227 g/mol. The Morgan fingerprint density at radius 3 is 3.00 bits per heavy atom. The standard InChI is InChI=1S/C10H17N3O3/c1-6(14)8(11)10-12-9(13-16-10)7-3-2-4-15-5-7/h6-8,14H,2-5,11H2,1H3/t6-,7?,8+/m1/s1. The Bertz CT molecular complexity index is 334. The Balaban J connectivity index is 2.06. The molecule has 1 aliphatic rings. The van der Waals surface area contributed by atoms with E-state index in [9.17, 15) is 5.11 Å². The number of hydrogen-bond acceptors (Lipinski definition) is 6. The summed E-state index contributed by atoms with van der Waals surface area (Å²) < 4.78 is 10.4. The smallest absolute Gasteiger partial charge is 0.246 e. The second-order valence-electron chi connectivity index (χ2n) is 4.17. The van der Waals surface area contributed by atoms with Gasteiger partial charge in [-0.15, -0.1) is 0 Å². The highest BCUT2D eigenvalue weighted by molar-refractivity contribution is 5.00. The zero-order valence-electron chi connectivity index (χ0n) is 9.30. The second-order valence-corrected chi connectivity index (χ2v) is 4.17. The Morgan fingerprint density at radius 2 is 2.38 bits per heavy atom. The van der Waals surface area contributed by atoms with Crippen molar-refractivity contribution in [1.82, 2.24) is 10.1 Å². The molecule has 1 fully saturated rings. The summed E-state index contributed by atoms with van der Waals surface area (Å²) in [4.78, 5) is 4.21. The fourth-order valence-electron chi connectivity index (χ4n) is 1.70. The molecule has 3 atom stereocenters. The van der Waals surface area contributed by atoms with Crippen molar-refractivity contribution in [2.75, 3.05) is 13.2 Å². The molecule has 1 saturated heterocycles. The molecule has 0 spiro atoms. The fraction of sp³-hybridized carbons (Fsp3) is 0.800. The van der Waals surface area contributed by atoms with E-state index in [4.69, 9.17) is 15.0 Å². The minimum Gasteiger partial charge on any atom is -0.391 e. The Hall–Kier alpha value is -0.980. The average Bonchev–Trinajstić information content (AvgIpc) is 2.78. The van der Waals surface area contributed by atoms with Crippen LogP contribution in [0.1, 0.15) is 43.4 Å². The lowest BCUT2D eigenvalue weighted by molar-refractivity contribution is 0.0773. The molecule has 0 bridgehead atoms. The van der Waals surface area contributed by atoms with Crippen molar-refractivity contribution in [3.8, 4) is 0 Å². The molecule has 3 N–H and O–H groups in total. The molecule has 1 aromatic heterocycles. The minimum atomic E-state index is -0.698. The first-order valence-electron chi connectivity index (χ1n) is 5.53. The van der Waals surface area contributed by atoms with E-state index in [0.717, 1.165) is 19.4 Å². The zero-order chi connectivity index (χ0) is 11.5.